The first-order valence-electron chi connectivity index (χ1n) is 9.18. The highest BCUT2D eigenvalue weighted by molar-refractivity contribution is 5.98. The third-order valence-corrected chi connectivity index (χ3v) is 4.75. The average molecular weight is 376 g/mol. The molecule has 146 valence electrons. The van der Waals surface area contributed by atoms with Gasteiger partial charge in [0.2, 0.25) is 5.91 Å². The number of nitrogens with zero attached hydrogens (tertiary/aromatic N) is 2. The van der Waals surface area contributed by atoms with Gasteiger partial charge in [-0.15, -0.1) is 0 Å². The van der Waals surface area contributed by atoms with Gasteiger partial charge in [-0.2, -0.15) is 0 Å². The second-order valence-corrected chi connectivity index (χ2v) is 6.67. The normalized spacial score (nSPS) is 18.7. The fourth-order valence-electron chi connectivity index (χ4n) is 3.35. The van der Waals surface area contributed by atoms with E-state index < -0.39 is 5.97 Å². The number of carboxylic acid groups (broad SMARTS) is 1. The summed E-state index contributed by atoms with van der Waals surface area (Å²) in [6.07, 6.45) is 1.77. The van der Waals surface area contributed by atoms with Crippen molar-refractivity contribution in [2.24, 2.45) is 0 Å². The summed E-state index contributed by atoms with van der Waals surface area (Å²) in [4.78, 5) is 38.9. The number of fused-ring (bicyclic) bond motifs is 1. The summed E-state index contributed by atoms with van der Waals surface area (Å²) in [6.45, 7) is 1.38. The molecule has 1 aromatic carbocycles. The van der Waals surface area contributed by atoms with Crippen molar-refractivity contribution < 1.29 is 29.0 Å². The molecule has 1 fully saturated rings. The quantitative estimate of drug-likeness (QED) is 0.734. The number of carbonyl (C=O) groups is 3. The summed E-state index contributed by atoms with van der Waals surface area (Å²) in [7, 11) is 0. The van der Waals surface area contributed by atoms with Crippen LogP contribution in [0.15, 0.2) is 24.3 Å². The Labute approximate surface area is 157 Å². The summed E-state index contributed by atoms with van der Waals surface area (Å²) in [6, 6.07) is 7.21. The number of hydrogen-bond donors (Lipinski definition) is 1. The molecule has 0 spiro atoms. The van der Waals surface area contributed by atoms with Gasteiger partial charge in [0.1, 0.15) is 5.75 Å². The molecule has 2 heterocycles. The number of carboxylic acids is 1. The number of hydrogen-bond acceptors (Lipinski definition) is 5. The van der Waals surface area contributed by atoms with Crippen molar-refractivity contribution in [3.63, 3.8) is 0 Å². The van der Waals surface area contributed by atoms with Gasteiger partial charge < -0.3 is 24.4 Å². The summed E-state index contributed by atoms with van der Waals surface area (Å²) < 4.78 is 11.0. The van der Waals surface area contributed by atoms with Crippen LogP contribution in [0.5, 0.6) is 5.75 Å². The molecule has 3 rings (SSSR count). The van der Waals surface area contributed by atoms with Crippen LogP contribution in [0.1, 0.15) is 25.7 Å². The van der Waals surface area contributed by atoms with Crippen molar-refractivity contribution >= 4 is 23.5 Å². The Bertz CT molecular complexity index is 701. The lowest BCUT2D eigenvalue weighted by Gasteiger charge is -2.30. The third kappa shape index (κ3) is 4.97. The second kappa shape index (κ2) is 8.85. The summed E-state index contributed by atoms with van der Waals surface area (Å²) in [5, 5.41) is 8.95. The fourth-order valence-corrected chi connectivity index (χ4v) is 3.35. The van der Waals surface area contributed by atoms with Crippen molar-refractivity contribution in [2.75, 3.05) is 37.7 Å². The van der Waals surface area contributed by atoms with Crippen molar-refractivity contribution in [2.45, 2.75) is 31.8 Å². The Morgan fingerprint density at radius 1 is 1.26 bits per heavy atom. The number of aliphatic carboxylic acids is 1. The topological polar surface area (TPSA) is 96.4 Å². The van der Waals surface area contributed by atoms with Crippen LogP contribution < -0.4 is 9.64 Å². The number of anilines is 1. The largest absolute Gasteiger partial charge is 0.482 e. The molecule has 0 radical (unpaired) electrons. The van der Waals surface area contributed by atoms with Gasteiger partial charge in [-0.1, -0.05) is 12.1 Å². The Balaban J connectivity index is 1.62. The van der Waals surface area contributed by atoms with Crippen molar-refractivity contribution in [1.82, 2.24) is 4.90 Å². The van der Waals surface area contributed by atoms with Crippen LogP contribution in [0.3, 0.4) is 0 Å². The van der Waals surface area contributed by atoms with E-state index in [1.807, 2.05) is 12.1 Å². The first-order chi connectivity index (χ1) is 13.0. The first-order valence-corrected chi connectivity index (χ1v) is 9.18. The van der Waals surface area contributed by atoms with E-state index in [4.69, 9.17) is 14.6 Å². The molecule has 0 bridgehead atoms. The molecule has 1 N–H and O–H groups in total. The molecule has 1 atom stereocenters. The molecule has 1 unspecified atom stereocenters. The zero-order valence-corrected chi connectivity index (χ0v) is 15.1. The van der Waals surface area contributed by atoms with Crippen LogP contribution in [-0.4, -0.2) is 66.7 Å². The van der Waals surface area contributed by atoms with Gasteiger partial charge in [-0.05, 0) is 25.0 Å². The SMILES string of the molecule is O=C(O)CCN(CC1CCCO1)C(=O)CCN1C(=O)COc2ccccc21. The average Bonchev–Trinajstić information content (AvgIpc) is 3.17. The van der Waals surface area contributed by atoms with Crippen LogP contribution >= 0.6 is 0 Å². The van der Waals surface area contributed by atoms with Crippen molar-refractivity contribution in [1.29, 1.82) is 0 Å². The lowest BCUT2D eigenvalue weighted by atomic mass is 10.2. The van der Waals surface area contributed by atoms with Crippen LogP contribution in [0, 0.1) is 0 Å². The van der Waals surface area contributed by atoms with Gasteiger partial charge in [-0.25, -0.2) is 0 Å². The number of carbonyl (C=O) groups excluding carboxylic acids is 2. The summed E-state index contributed by atoms with van der Waals surface area (Å²) >= 11 is 0. The van der Waals surface area contributed by atoms with E-state index in [2.05, 4.69) is 0 Å². The molecule has 1 saturated heterocycles. The highest BCUT2D eigenvalue weighted by atomic mass is 16.5. The molecule has 0 aromatic heterocycles. The fraction of sp³-hybridized carbons (Fsp3) is 0.526. The Morgan fingerprint density at radius 2 is 2.07 bits per heavy atom. The zero-order valence-electron chi connectivity index (χ0n) is 15.1. The summed E-state index contributed by atoms with van der Waals surface area (Å²) in [5.41, 5.74) is 0.651. The van der Waals surface area contributed by atoms with E-state index >= 15 is 0 Å². The molecule has 0 aliphatic carbocycles. The minimum absolute atomic E-state index is 0.0477. The number of ether oxygens (including phenoxy) is 2. The number of para-hydroxylation sites is 2. The molecule has 27 heavy (non-hydrogen) atoms. The number of rotatable bonds is 8. The maximum Gasteiger partial charge on any atom is 0.305 e. The highest BCUT2D eigenvalue weighted by Gasteiger charge is 2.27. The van der Waals surface area contributed by atoms with Crippen LogP contribution in [0.4, 0.5) is 5.69 Å². The molecule has 2 aliphatic rings. The molecule has 1 aromatic rings. The molecular weight excluding hydrogens is 352 g/mol. The predicted octanol–water partition coefficient (Wildman–Crippen LogP) is 1.28. The maximum atomic E-state index is 12.7. The van der Waals surface area contributed by atoms with E-state index in [1.54, 1.807) is 21.9 Å². The monoisotopic (exact) mass is 376 g/mol. The Morgan fingerprint density at radius 3 is 2.81 bits per heavy atom. The molecular formula is C19H24N2O6. The number of benzene rings is 1. The van der Waals surface area contributed by atoms with Gasteiger partial charge in [-0.3, -0.25) is 14.4 Å². The van der Waals surface area contributed by atoms with Gasteiger partial charge in [0, 0.05) is 32.7 Å². The van der Waals surface area contributed by atoms with E-state index in [-0.39, 0.29) is 50.5 Å². The second-order valence-electron chi connectivity index (χ2n) is 6.67. The van der Waals surface area contributed by atoms with Crippen LogP contribution in [0.25, 0.3) is 0 Å². The highest BCUT2D eigenvalue weighted by Crippen LogP contribution is 2.31. The maximum absolute atomic E-state index is 12.7. The van der Waals surface area contributed by atoms with E-state index in [0.29, 0.717) is 24.6 Å². The molecule has 2 aliphatic heterocycles. The van der Waals surface area contributed by atoms with Crippen molar-refractivity contribution in [3.05, 3.63) is 24.3 Å². The van der Waals surface area contributed by atoms with Gasteiger partial charge in [0.25, 0.3) is 5.91 Å². The number of amides is 2. The van der Waals surface area contributed by atoms with Crippen molar-refractivity contribution in [3.8, 4) is 5.75 Å². The van der Waals surface area contributed by atoms with Gasteiger partial charge >= 0.3 is 5.97 Å². The van der Waals surface area contributed by atoms with Crippen LogP contribution in [-0.2, 0) is 19.1 Å². The van der Waals surface area contributed by atoms with E-state index in [0.717, 1.165) is 12.8 Å². The van der Waals surface area contributed by atoms with Crippen LogP contribution in [0.2, 0.25) is 0 Å². The zero-order chi connectivity index (χ0) is 19.2. The van der Waals surface area contributed by atoms with Gasteiger partial charge in [0.05, 0.1) is 18.2 Å². The molecule has 0 saturated carbocycles. The molecule has 2 amide bonds. The predicted molar refractivity (Wildman–Crippen MR) is 96.7 cm³/mol. The first kappa shape index (κ1) is 19.2. The molecule has 8 heteroatoms. The van der Waals surface area contributed by atoms with E-state index in [1.165, 1.54) is 0 Å². The minimum Gasteiger partial charge on any atom is -0.482 e. The smallest absolute Gasteiger partial charge is 0.305 e. The summed E-state index contributed by atoms with van der Waals surface area (Å²) in [5.74, 6) is -0.703. The molecule has 8 nitrogen and oxygen atoms in total. The lowest BCUT2D eigenvalue weighted by Crippen LogP contribution is -2.43. The Hall–Kier alpha value is -2.61. The Kier molecular flexibility index (Phi) is 6.28. The van der Waals surface area contributed by atoms with Gasteiger partial charge in [0.15, 0.2) is 6.61 Å². The van der Waals surface area contributed by atoms with E-state index in [9.17, 15) is 14.4 Å². The standard InChI is InChI=1S/C19H24N2O6/c22-17(20(9-8-19(24)25)12-14-4-3-11-26-14)7-10-21-15-5-1-2-6-16(15)27-13-18(21)23/h1-2,5-6,14H,3-4,7-13H2,(H,24,25). The lowest BCUT2D eigenvalue weighted by molar-refractivity contribution is -0.139. The minimum atomic E-state index is -0.947. The third-order valence-electron chi connectivity index (χ3n) is 4.75.